The van der Waals surface area contributed by atoms with Crippen molar-refractivity contribution in [2.75, 3.05) is 20.2 Å². The van der Waals surface area contributed by atoms with Gasteiger partial charge in [0.25, 0.3) is 0 Å². The maximum absolute atomic E-state index is 5.50. The highest BCUT2D eigenvalue weighted by Gasteiger charge is 2.25. The standard InChI is InChI=1S/C8H17NO/c1-4-10-8-5-7(2)9(3)6-8/h7-8H,4-6H2,1-3H3/t7-,8?/m1/s1. The molecule has 1 fully saturated rings. The van der Waals surface area contributed by atoms with Crippen LogP contribution in [-0.4, -0.2) is 37.2 Å². The molecular formula is C8H17NO. The summed E-state index contributed by atoms with van der Waals surface area (Å²) in [5.41, 5.74) is 0. The molecule has 10 heavy (non-hydrogen) atoms. The molecule has 0 radical (unpaired) electrons. The van der Waals surface area contributed by atoms with Gasteiger partial charge in [-0.25, -0.2) is 0 Å². The minimum atomic E-state index is 0.491. The van der Waals surface area contributed by atoms with Crippen LogP contribution in [0, 0.1) is 0 Å². The van der Waals surface area contributed by atoms with Gasteiger partial charge in [-0.3, -0.25) is 0 Å². The van der Waals surface area contributed by atoms with E-state index in [0.717, 1.165) is 13.2 Å². The van der Waals surface area contributed by atoms with Gasteiger partial charge in [-0.05, 0) is 27.3 Å². The summed E-state index contributed by atoms with van der Waals surface area (Å²) in [6.45, 7) is 6.27. The van der Waals surface area contributed by atoms with Crippen molar-refractivity contribution in [3.8, 4) is 0 Å². The Labute approximate surface area is 63.2 Å². The third-order valence-electron chi connectivity index (χ3n) is 2.25. The van der Waals surface area contributed by atoms with Crippen molar-refractivity contribution in [2.24, 2.45) is 0 Å². The molecule has 2 atom stereocenters. The lowest BCUT2D eigenvalue weighted by Gasteiger charge is -2.12. The van der Waals surface area contributed by atoms with E-state index in [1.165, 1.54) is 6.42 Å². The topological polar surface area (TPSA) is 12.5 Å². The first-order chi connectivity index (χ1) is 4.74. The molecule has 2 heteroatoms. The van der Waals surface area contributed by atoms with Gasteiger partial charge < -0.3 is 9.64 Å². The molecule has 0 aromatic heterocycles. The molecule has 1 heterocycles. The Morgan fingerprint density at radius 1 is 1.60 bits per heavy atom. The summed E-state index contributed by atoms with van der Waals surface area (Å²) in [7, 11) is 2.16. The molecule has 0 aliphatic carbocycles. The Bertz CT molecular complexity index is 95.4. The third-order valence-corrected chi connectivity index (χ3v) is 2.25. The van der Waals surface area contributed by atoms with E-state index in [4.69, 9.17) is 4.74 Å². The first kappa shape index (κ1) is 8.02. The second kappa shape index (κ2) is 3.35. The summed E-state index contributed by atoms with van der Waals surface area (Å²) < 4.78 is 5.50. The molecule has 0 saturated carbocycles. The van der Waals surface area contributed by atoms with E-state index in [0.29, 0.717) is 12.1 Å². The predicted octanol–water partition coefficient (Wildman–Crippen LogP) is 1.12. The van der Waals surface area contributed by atoms with Crippen LogP contribution >= 0.6 is 0 Å². The first-order valence-electron chi connectivity index (χ1n) is 4.06. The normalized spacial score (nSPS) is 35.1. The van der Waals surface area contributed by atoms with Crippen LogP contribution in [0.1, 0.15) is 20.3 Å². The van der Waals surface area contributed by atoms with Crippen molar-refractivity contribution < 1.29 is 4.74 Å². The number of ether oxygens (including phenoxy) is 1. The lowest BCUT2D eigenvalue weighted by molar-refractivity contribution is 0.0708. The van der Waals surface area contributed by atoms with Crippen LogP contribution in [0.25, 0.3) is 0 Å². The van der Waals surface area contributed by atoms with E-state index in [1.54, 1.807) is 0 Å². The zero-order valence-electron chi connectivity index (χ0n) is 7.13. The van der Waals surface area contributed by atoms with Gasteiger partial charge in [-0.1, -0.05) is 0 Å². The zero-order valence-corrected chi connectivity index (χ0v) is 7.13. The third kappa shape index (κ3) is 1.70. The van der Waals surface area contributed by atoms with Crippen molar-refractivity contribution in [3.63, 3.8) is 0 Å². The number of likely N-dealkylation sites (tertiary alicyclic amines) is 1. The van der Waals surface area contributed by atoms with Gasteiger partial charge in [0.05, 0.1) is 6.10 Å². The number of hydrogen-bond acceptors (Lipinski definition) is 2. The van der Waals surface area contributed by atoms with E-state index >= 15 is 0 Å². The SMILES string of the molecule is CCOC1C[C@@H](C)N(C)C1. The van der Waals surface area contributed by atoms with Gasteiger partial charge in [-0.15, -0.1) is 0 Å². The molecular weight excluding hydrogens is 126 g/mol. The van der Waals surface area contributed by atoms with Gasteiger partial charge in [0.2, 0.25) is 0 Å². The molecule has 1 saturated heterocycles. The van der Waals surface area contributed by atoms with Crippen molar-refractivity contribution >= 4 is 0 Å². The largest absolute Gasteiger partial charge is 0.377 e. The molecule has 1 aliphatic rings. The monoisotopic (exact) mass is 143 g/mol. The van der Waals surface area contributed by atoms with Crippen LogP contribution in [0.4, 0.5) is 0 Å². The maximum Gasteiger partial charge on any atom is 0.0716 e. The second-order valence-electron chi connectivity index (χ2n) is 3.10. The highest BCUT2D eigenvalue weighted by Crippen LogP contribution is 2.17. The quantitative estimate of drug-likeness (QED) is 0.574. The Kier molecular flexibility index (Phi) is 2.69. The summed E-state index contributed by atoms with van der Waals surface area (Å²) >= 11 is 0. The Morgan fingerprint density at radius 3 is 2.70 bits per heavy atom. The molecule has 0 aromatic carbocycles. The number of rotatable bonds is 2. The van der Waals surface area contributed by atoms with Crippen LogP contribution in [-0.2, 0) is 4.74 Å². The number of nitrogens with zero attached hydrogens (tertiary/aromatic N) is 1. The Hall–Kier alpha value is -0.0800. The predicted molar refractivity (Wildman–Crippen MR) is 42.1 cm³/mol. The fourth-order valence-electron chi connectivity index (χ4n) is 1.49. The molecule has 0 bridgehead atoms. The molecule has 0 N–H and O–H groups in total. The number of likely N-dealkylation sites (N-methyl/N-ethyl adjacent to an activating group) is 1. The van der Waals surface area contributed by atoms with Gasteiger partial charge in [0.1, 0.15) is 0 Å². The van der Waals surface area contributed by atoms with Crippen LogP contribution in [0.2, 0.25) is 0 Å². The lowest BCUT2D eigenvalue weighted by Crippen LogP contribution is -2.22. The number of hydrogen-bond donors (Lipinski definition) is 0. The zero-order chi connectivity index (χ0) is 7.56. The van der Waals surface area contributed by atoms with Gasteiger partial charge in [-0.2, -0.15) is 0 Å². The van der Waals surface area contributed by atoms with Crippen LogP contribution in [0.15, 0.2) is 0 Å². The summed E-state index contributed by atoms with van der Waals surface area (Å²) in [4.78, 5) is 2.35. The van der Waals surface area contributed by atoms with Gasteiger partial charge >= 0.3 is 0 Å². The average Bonchev–Trinajstić information content (AvgIpc) is 2.14. The fourth-order valence-corrected chi connectivity index (χ4v) is 1.49. The molecule has 60 valence electrons. The Balaban J connectivity index is 2.27. The van der Waals surface area contributed by atoms with Crippen LogP contribution in [0.5, 0.6) is 0 Å². The van der Waals surface area contributed by atoms with E-state index in [2.05, 4.69) is 25.8 Å². The van der Waals surface area contributed by atoms with Crippen molar-refractivity contribution in [2.45, 2.75) is 32.4 Å². The molecule has 0 spiro atoms. The smallest absolute Gasteiger partial charge is 0.0716 e. The van der Waals surface area contributed by atoms with Gasteiger partial charge in [0, 0.05) is 19.2 Å². The highest BCUT2D eigenvalue weighted by molar-refractivity contribution is 4.80. The molecule has 0 amide bonds. The van der Waals surface area contributed by atoms with E-state index in [9.17, 15) is 0 Å². The van der Waals surface area contributed by atoms with E-state index in [-0.39, 0.29) is 0 Å². The second-order valence-corrected chi connectivity index (χ2v) is 3.10. The highest BCUT2D eigenvalue weighted by atomic mass is 16.5. The summed E-state index contributed by atoms with van der Waals surface area (Å²) in [5.74, 6) is 0. The first-order valence-corrected chi connectivity index (χ1v) is 4.06. The van der Waals surface area contributed by atoms with Gasteiger partial charge in [0.15, 0.2) is 0 Å². The van der Waals surface area contributed by atoms with E-state index < -0.39 is 0 Å². The molecule has 1 aliphatic heterocycles. The average molecular weight is 143 g/mol. The fraction of sp³-hybridized carbons (Fsp3) is 1.00. The summed E-state index contributed by atoms with van der Waals surface area (Å²) in [6.07, 6.45) is 1.69. The summed E-state index contributed by atoms with van der Waals surface area (Å²) in [5, 5.41) is 0. The summed E-state index contributed by atoms with van der Waals surface area (Å²) in [6, 6.07) is 0.705. The van der Waals surface area contributed by atoms with Crippen LogP contribution in [0.3, 0.4) is 0 Å². The molecule has 1 rings (SSSR count). The van der Waals surface area contributed by atoms with Crippen LogP contribution < -0.4 is 0 Å². The Morgan fingerprint density at radius 2 is 2.30 bits per heavy atom. The van der Waals surface area contributed by atoms with Crippen molar-refractivity contribution in [3.05, 3.63) is 0 Å². The van der Waals surface area contributed by atoms with Crippen molar-refractivity contribution in [1.29, 1.82) is 0 Å². The van der Waals surface area contributed by atoms with E-state index in [1.807, 2.05) is 0 Å². The lowest BCUT2D eigenvalue weighted by atomic mass is 10.2. The molecule has 2 nitrogen and oxygen atoms in total. The molecule has 1 unspecified atom stereocenters. The minimum absolute atomic E-state index is 0.491. The van der Waals surface area contributed by atoms with Crippen molar-refractivity contribution in [1.82, 2.24) is 4.90 Å². The molecule has 0 aromatic rings. The maximum atomic E-state index is 5.50. The minimum Gasteiger partial charge on any atom is -0.377 e.